The van der Waals surface area contributed by atoms with Gasteiger partial charge >= 0.3 is 0 Å². The minimum atomic E-state index is 0.0646. The highest BCUT2D eigenvalue weighted by molar-refractivity contribution is 5.60. The van der Waals surface area contributed by atoms with E-state index in [0.29, 0.717) is 31.4 Å². The summed E-state index contributed by atoms with van der Waals surface area (Å²) in [6.07, 6.45) is 2.89. The number of aryl methyl sites for hydroxylation is 1. The fraction of sp³-hybridized carbons (Fsp3) is 0.400. The van der Waals surface area contributed by atoms with E-state index in [1.807, 2.05) is 44.4 Å². The number of benzene rings is 3. The van der Waals surface area contributed by atoms with Crippen molar-refractivity contribution < 1.29 is 19.7 Å². The van der Waals surface area contributed by atoms with Crippen LogP contribution in [0.15, 0.2) is 60.7 Å². The smallest absolute Gasteiger partial charge is 0.120 e. The van der Waals surface area contributed by atoms with E-state index in [4.69, 9.17) is 9.47 Å². The molecule has 0 saturated carbocycles. The second-order valence-electron chi connectivity index (χ2n) is 9.76. The third-order valence-corrected chi connectivity index (χ3v) is 6.91. The van der Waals surface area contributed by atoms with Crippen LogP contribution in [0.1, 0.15) is 34.6 Å². The Balaban J connectivity index is 1.56. The van der Waals surface area contributed by atoms with Crippen LogP contribution in [0, 0.1) is 0 Å². The monoisotopic (exact) mass is 490 g/mol. The van der Waals surface area contributed by atoms with Gasteiger partial charge in [0.1, 0.15) is 23.9 Å². The summed E-state index contributed by atoms with van der Waals surface area (Å²) in [7, 11) is 5.76. The highest BCUT2D eigenvalue weighted by atomic mass is 16.5. The Morgan fingerprint density at radius 1 is 0.917 bits per heavy atom. The molecule has 0 fully saturated rings. The SMILES string of the molecule is COc1ccc(C2CCc3cc(O)ccc3C2)c(N(CCO)Cc2ccc(OCCN(C)C)cc2)c1. The highest BCUT2D eigenvalue weighted by Gasteiger charge is 2.25. The minimum absolute atomic E-state index is 0.0646. The van der Waals surface area contributed by atoms with Crippen LogP contribution in [0.3, 0.4) is 0 Å². The number of likely N-dealkylation sites (N-methyl/N-ethyl adjacent to an activating group) is 1. The largest absolute Gasteiger partial charge is 0.508 e. The number of hydrogen-bond acceptors (Lipinski definition) is 6. The number of aliphatic hydroxyl groups excluding tert-OH is 1. The fourth-order valence-electron chi connectivity index (χ4n) is 4.94. The van der Waals surface area contributed by atoms with Crippen LogP contribution >= 0.6 is 0 Å². The van der Waals surface area contributed by atoms with Crippen molar-refractivity contribution in [1.82, 2.24) is 4.90 Å². The number of methoxy groups -OCH3 is 1. The van der Waals surface area contributed by atoms with E-state index < -0.39 is 0 Å². The molecule has 0 bridgehead atoms. The van der Waals surface area contributed by atoms with E-state index in [-0.39, 0.29) is 6.61 Å². The lowest BCUT2D eigenvalue weighted by molar-refractivity contribution is 0.261. The molecule has 1 aliphatic rings. The Morgan fingerprint density at radius 2 is 1.69 bits per heavy atom. The summed E-state index contributed by atoms with van der Waals surface area (Å²) in [5, 5.41) is 19.8. The number of nitrogens with zero attached hydrogens (tertiary/aromatic N) is 2. The topological polar surface area (TPSA) is 65.4 Å². The molecule has 1 unspecified atom stereocenters. The number of phenols is 1. The fourth-order valence-corrected chi connectivity index (χ4v) is 4.94. The molecule has 3 aromatic rings. The summed E-state index contributed by atoms with van der Waals surface area (Å²) < 4.78 is 11.4. The van der Waals surface area contributed by atoms with Crippen LogP contribution in [-0.4, -0.2) is 62.6 Å². The number of aromatic hydroxyl groups is 1. The third kappa shape index (κ3) is 6.50. The lowest BCUT2D eigenvalue weighted by atomic mass is 9.79. The molecule has 0 saturated heterocycles. The van der Waals surface area contributed by atoms with Gasteiger partial charge in [-0.25, -0.2) is 0 Å². The standard InChI is InChI=1S/C30H38N2O4/c1-31(2)15-17-36-27-10-4-22(5-11-27)21-32(14-16-33)30-20-28(35-3)12-13-29(30)25-7-6-24-19-26(34)9-8-23(24)18-25/h4-5,8-13,19-20,25,33-34H,6-7,14-18,21H2,1-3H3. The van der Waals surface area contributed by atoms with Crippen molar-refractivity contribution in [3.63, 3.8) is 0 Å². The van der Waals surface area contributed by atoms with E-state index in [1.165, 1.54) is 16.7 Å². The number of phenolic OH excluding ortho intramolecular Hbond substituents is 1. The number of aliphatic hydroxyl groups is 1. The zero-order chi connectivity index (χ0) is 25.5. The number of ether oxygens (including phenoxy) is 2. The molecule has 0 heterocycles. The van der Waals surface area contributed by atoms with Gasteiger partial charge in [0.05, 0.1) is 13.7 Å². The number of anilines is 1. The third-order valence-electron chi connectivity index (χ3n) is 6.91. The molecule has 0 aromatic heterocycles. The average Bonchev–Trinajstić information content (AvgIpc) is 2.88. The first-order valence-corrected chi connectivity index (χ1v) is 12.7. The van der Waals surface area contributed by atoms with Crippen molar-refractivity contribution in [2.75, 3.05) is 52.4 Å². The quantitative estimate of drug-likeness (QED) is 0.409. The Morgan fingerprint density at radius 3 is 2.42 bits per heavy atom. The molecule has 0 spiro atoms. The number of rotatable bonds is 11. The van der Waals surface area contributed by atoms with Crippen LogP contribution in [0.5, 0.6) is 17.2 Å². The first-order chi connectivity index (χ1) is 17.5. The minimum Gasteiger partial charge on any atom is -0.508 e. The molecule has 2 N–H and O–H groups in total. The van der Waals surface area contributed by atoms with Crippen molar-refractivity contribution >= 4 is 5.69 Å². The van der Waals surface area contributed by atoms with Gasteiger partial charge in [-0.15, -0.1) is 0 Å². The van der Waals surface area contributed by atoms with E-state index >= 15 is 0 Å². The molecule has 192 valence electrons. The second-order valence-corrected chi connectivity index (χ2v) is 9.76. The van der Waals surface area contributed by atoms with Crippen LogP contribution in [0.25, 0.3) is 0 Å². The molecule has 36 heavy (non-hydrogen) atoms. The van der Waals surface area contributed by atoms with E-state index in [0.717, 1.165) is 48.6 Å². The van der Waals surface area contributed by atoms with Gasteiger partial charge in [0.25, 0.3) is 0 Å². The number of fused-ring (bicyclic) bond motifs is 1. The lowest BCUT2D eigenvalue weighted by Gasteiger charge is -2.32. The van der Waals surface area contributed by atoms with Gasteiger partial charge in [0.2, 0.25) is 0 Å². The van der Waals surface area contributed by atoms with Gasteiger partial charge in [0, 0.05) is 31.4 Å². The lowest BCUT2D eigenvalue weighted by Crippen LogP contribution is -2.28. The summed E-state index contributed by atoms with van der Waals surface area (Å²) in [4.78, 5) is 4.34. The molecule has 6 nitrogen and oxygen atoms in total. The maximum atomic E-state index is 9.93. The van der Waals surface area contributed by atoms with Crippen LogP contribution in [-0.2, 0) is 19.4 Å². The van der Waals surface area contributed by atoms with Crippen molar-refractivity contribution in [3.8, 4) is 17.2 Å². The molecule has 0 aliphatic heterocycles. The van der Waals surface area contributed by atoms with Crippen molar-refractivity contribution in [2.45, 2.75) is 31.7 Å². The normalized spacial score (nSPS) is 15.0. The molecule has 0 radical (unpaired) electrons. The molecular weight excluding hydrogens is 452 g/mol. The molecule has 4 rings (SSSR count). The second kappa shape index (κ2) is 12.2. The van der Waals surface area contributed by atoms with Crippen LogP contribution < -0.4 is 14.4 Å². The molecule has 1 atom stereocenters. The summed E-state index contributed by atoms with van der Waals surface area (Å²) in [5.41, 5.74) is 6.06. The Labute approximate surface area is 214 Å². The predicted octanol–water partition coefficient (Wildman–Crippen LogP) is 4.61. The van der Waals surface area contributed by atoms with Crippen molar-refractivity contribution in [3.05, 3.63) is 82.9 Å². The average molecular weight is 491 g/mol. The van der Waals surface area contributed by atoms with E-state index in [2.05, 4.69) is 34.1 Å². The molecule has 3 aromatic carbocycles. The molecular formula is C30H38N2O4. The van der Waals surface area contributed by atoms with Gasteiger partial charge in [0.15, 0.2) is 0 Å². The molecule has 1 aliphatic carbocycles. The van der Waals surface area contributed by atoms with Gasteiger partial charge in [-0.1, -0.05) is 24.3 Å². The van der Waals surface area contributed by atoms with Gasteiger partial charge in [-0.3, -0.25) is 0 Å². The summed E-state index contributed by atoms with van der Waals surface area (Å²) in [6, 6.07) is 20.2. The first-order valence-electron chi connectivity index (χ1n) is 12.7. The van der Waals surface area contributed by atoms with Crippen molar-refractivity contribution in [2.24, 2.45) is 0 Å². The Hall–Kier alpha value is -3.22. The zero-order valence-electron chi connectivity index (χ0n) is 21.6. The molecule has 0 amide bonds. The van der Waals surface area contributed by atoms with Gasteiger partial charge < -0.3 is 29.5 Å². The maximum absolute atomic E-state index is 9.93. The van der Waals surface area contributed by atoms with E-state index in [9.17, 15) is 10.2 Å². The predicted molar refractivity (Wildman–Crippen MR) is 144 cm³/mol. The van der Waals surface area contributed by atoms with Crippen molar-refractivity contribution in [1.29, 1.82) is 0 Å². The highest BCUT2D eigenvalue weighted by Crippen LogP contribution is 2.40. The van der Waals surface area contributed by atoms with E-state index in [1.54, 1.807) is 13.2 Å². The van der Waals surface area contributed by atoms with Crippen LogP contribution in [0.2, 0.25) is 0 Å². The number of hydrogen-bond donors (Lipinski definition) is 2. The summed E-state index contributed by atoms with van der Waals surface area (Å²) >= 11 is 0. The molecule has 6 heteroatoms. The van der Waals surface area contributed by atoms with Gasteiger partial charge in [-0.2, -0.15) is 0 Å². The maximum Gasteiger partial charge on any atom is 0.120 e. The first kappa shape index (κ1) is 25.9. The Bertz CT molecular complexity index is 1130. The summed E-state index contributed by atoms with van der Waals surface area (Å²) in [6.45, 7) is 2.79. The summed E-state index contributed by atoms with van der Waals surface area (Å²) in [5.74, 6) is 2.36. The van der Waals surface area contributed by atoms with Gasteiger partial charge in [-0.05, 0) is 91.9 Å². The zero-order valence-corrected chi connectivity index (χ0v) is 21.6. The Kier molecular flexibility index (Phi) is 8.73. The van der Waals surface area contributed by atoms with Crippen LogP contribution in [0.4, 0.5) is 5.69 Å².